The standard InChI is InChI=1S/C57H69N11O8S/c1-33(2)53(57(72)67-31-41(69)24-48(67)56(71)61-34(3)36-9-11-37(12-10-36)54-35(4)60-32-77-54)50-28-52(64-76-50)73-22-21-65-19-16-42(17-20-65)74-43-25-44(26-43)75-51-23-38(15-18-59-51)68-39-13-14-40(68)30-66(29-39)47-27-46(62-63-55(47)58)45-7-5-6-8-49(45)70/h5-12,15,18,23,27-28,32-34,39-44,48,53,69-70H,13-14,16-17,19-22,24-26,29-31H2,1-4H3,(H2,58,63)(H,61,71)/t34?,39?,40?,41-,43?,44?,48+,53?/m1/s1. The number of ether oxygens (including phenoxy) is 3. The van der Waals surface area contributed by atoms with Crippen molar-refractivity contribution in [2.45, 2.75) is 127 Å². The van der Waals surface area contributed by atoms with Crippen LogP contribution in [-0.4, -0.2) is 146 Å². The van der Waals surface area contributed by atoms with Gasteiger partial charge >= 0.3 is 0 Å². The maximum Gasteiger partial charge on any atom is 0.254 e. The number of aliphatic hydroxyl groups excluding tert-OH is 1. The van der Waals surface area contributed by atoms with Crippen molar-refractivity contribution in [3.63, 3.8) is 0 Å². The monoisotopic (exact) mass is 1070 g/mol. The van der Waals surface area contributed by atoms with Gasteiger partial charge in [-0.3, -0.25) is 14.5 Å². The quantitative estimate of drug-likeness (QED) is 0.0669. The van der Waals surface area contributed by atoms with Gasteiger partial charge in [0.2, 0.25) is 17.7 Å². The normalized spacial score (nSPS) is 23.5. The molecule has 406 valence electrons. The Morgan fingerprint density at radius 1 is 0.883 bits per heavy atom. The largest absolute Gasteiger partial charge is 0.507 e. The van der Waals surface area contributed by atoms with E-state index >= 15 is 0 Å². The van der Waals surface area contributed by atoms with E-state index in [1.165, 1.54) is 4.90 Å². The Bertz CT molecular complexity index is 3000. The number of likely N-dealkylation sites (tertiary alicyclic amines) is 2. The molecule has 4 saturated heterocycles. The van der Waals surface area contributed by atoms with E-state index in [1.54, 1.807) is 29.5 Å². The van der Waals surface area contributed by atoms with Crippen molar-refractivity contribution in [3.05, 3.63) is 102 Å². The number of amides is 2. The molecule has 5 fully saturated rings. The number of carbonyl (C=O) groups excluding carboxylic acids is 2. The van der Waals surface area contributed by atoms with Crippen LogP contribution >= 0.6 is 11.3 Å². The van der Waals surface area contributed by atoms with Crippen LogP contribution in [0.2, 0.25) is 0 Å². The van der Waals surface area contributed by atoms with Gasteiger partial charge in [0.15, 0.2) is 11.6 Å². The number of β-amino-alcohol motifs (C(OH)–C–C–N with tert-alkyl or cyclic N) is 1. The molecule has 4 aromatic heterocycles. The summed E-state index contributed by atoms with van der Waals surface area (Å²) in [5, 5.41) is 37.0. The minimum absolute atomic E-state index is 0.0528. The van der Waals surface area contributed by atoms with E-state index in [0.717, 1.165) is 97.8 Å². The van der Waals surface area contributed by atoms with Crippen LogP contribution in [0.25, 0.3) is 21.7 Å². The highest BCUT2D eigenvalue weighted by molar-refractivity contribution is 7.13. The third-order valence-electron chi connectivity index (χ3n) is 16.1. The zero-order chi connectivity index (χ0) is 53.3. The predicted molar refractivity (Wildman–Crippen MR) is 292 cm³/mol. The Hall–Kier alpha value is -6.87. The van der Waals surface area contributed by atoms with E-state index in [9.17, 15) is 19.8 Å². The first-order valence-electron chi connectivity index (χ1n) is 27.2. The number of carbonyl (C=O) groups is 2. The number of para-hydroxylation sites is 1. The predicted octanol–water partition coefficient (Wildman–Crippen LogP) is 7.15. The average Bonchev–Trinajstić information content (AvgIpc) is 4.22. The van der Waals surface area contributed by atoms with Gasteiger partial charge in [-0.15, -0.1) is 21.5 Å². The number of piperidine rings is 1. The molecule has 2 aromatic carbocycles. The summed E-state index contributed by atoms with van der Waals surface area (Å²) in [5.41, 5.74) is 14.4. The summed E-state index contributed by atoms with van der Waals surface area (Å²) in [6.07, 6.45) is 7.23. The van der Waals surface area contributed by atoms with Gasteiger partial charge in [0, 0.05) is 100 Å². The van der Waals surface area contributed by atoms with Crippen molar-refractivity contribution in [1.82, 2.24) is 40.4 Å². The SMILES string of the molecule is Cc1ncsc1-c1ccc(C(C)NC(=O)[C@@H]2C[C@@H](O)CN2C(=O)C(c2cc(OCCN3CCC(OC4CC(Oc5cc(N6C7CCC6CN(c6cc(-c8ccccc8O)nnc6N)C7)ccn5)C4)CC3)no2)C(C)C)cc1. The number of phenolic OH excluding ortho intramolecular Hbond substituents is 1. The Balaban J connectivity index is 0.601. The fourth-order valence-electron chi connectivity index (χ4n) is 11.9. The zero-order valence-corrected chi connectivity index (χ0v) is 44.9. The molecule has 2 amide bonds. The third kappa shape index (κ3) is 11.4. The topological polar surface area (TPSA) is 231 Å². The summed E-state index contributed by atoms with van der Waals surface area (Å²) in [4.78, 5) is 46.7. The number of nitrogens with one attached hydrogen (secondary N) is 1. The van der Waals surface area contributed by atoms with Crippen LogP contribution in [-0.2, 0) is 14.3 Å². The minimum atomic E-state index is -0.830. The van der Waals surface area contributed by atoms with Gasteiger partial charge < -0.3 is 54.7 Å². The number of phenols is 1. The Morgan fingerprint density at radius 3 is 2.38 bits per heavy atom. The van der Waals surface area contributed by atoms with Gasteiger partial charge in [-0.05, 0) is 86.0 Å². The van der Waals surface area contributed by atoms with E-state index in [-0.39, 0.29) is 72.9 Å². The third-order valence-corrected chi connectivity index (χ3v) is 17.1. The summed E-state index contributed by atoms with van der Waals surface area (Å²) in [6, 6.07) is 22.4. The number of fused-ring (bicyclic) bond motifs is 2. The molecule has 11 rings (SSSR count). The number of nitrogen functional groups attached to an aromatic ring is 1. The highest BCUT2D eigenvalue weighted by Crippen LogP contribution is 2.41. The van der Waals surface area contributed by atoms with Crippen molar-refractivity contribution >= 4 is 40.3 Å². The number of aromatic hydroxyl groups is 1. The van der Waals surface area contributed by atoms with E-state index in [2.05, 4.69) is 57.5 Å². The number of piperazine rings is 1. The lowest BCUT2D eigenvalue weighted by atomic mass is 9.91. The van der Waals surface area contributed by atoms with Gasteiger partial charge in [0.25, 0.3) is 5.88 Å². The van der Waals surface area contributed by atoms with Crippen LogP contribution in [0, 0.1) is 12.8 Å². The minimum Gasteiger partial charge on any atom is -0.507 e. The van der Waals surface area contributed by atoms with Gasteiger partial charge in [-0.1, -0.05) is 50.2 Å². The second-order valence-electron chi connectivity index (χ2n) is 21.7. The number of nitrogens with two attached hydrogens (primary N) is 1. The van der Waals surface area contributed by atoms with Gasteiger partial charge in [0.05, 0.1) is 51.8 Å². The van der Waals surface area contributed by atoms with Crippen molar-refractivity contribution in [1.29, 1.82) is 0 Å². The smallest absolute Gasteiger partial charge is 0.254 e. The molecule has 19 nitrogen and oxygen atoms in total. The van der Waals surface area contributed by atoms with Crippen LogP contribution < -0.4 is 30.3 Å². The molecule has 4 unspecified atom stereocenters. The molecule has 8 heterocycles. The maximum atomic E-state index is 14.2. The van der Waals surface area contributed by atoms with Crippen LogP contribution in [0.3, 0.4) is 0 Å². The lowest BCUT2D eigenvalue weighted by Gasteiger charge is -2.43. The number of pyridine rings is 1. The molecule has 77 heavy (non-hydrogen) atoms. The van der Waals surface area contributed by atoms with Crippen molar-refractivity contribution < 1.29 is 38.5 Å². The van der Waals surface area contributed by atoms with E-state index in [4.69, 9.17) is 24.5 Å². The number of hydrogen-bond acceptors (Lipinski definition) is 18. The fraction of sp³-hybridized carbons (Fsp3) is 0.491. The Labute approximate surface area is 452 Å². The number of thiazole rings is 1. The first kappa shape index (κ1) is 52.2. The first-order valence-corrected chi connectivity index (χ1v) is 28.0. The first-order chi connectivity index (χ1) is 37.3. The van der Waals surface area contributed by atoms with Gasteiger partial charge in [-0.2, -0.15) is 0 Å². The van der Waals surface area contributed by atoms with Gasteiger partial charge in [0.1, 0.15) is 30.4 Å². The van der Waals surface area contributed by atoms with Crippen LogP contribution in [0.4, 0.5) is 17.2 Å². The lowest BCUT2D eigenvalue weighted by Crippen LogP contribution is -2.54. The number of aryl methyl sites for hydroxylation is 1. The van der Waals surface area contributed by atoms with Gasteiger partial charge in [-0.25, -0.2) is 9.97 Å². The maximum absolute atomic E-state index is 14.2. The van der Waals surface area contributed by atoms with E-state index in [1.807, 2.05) is 81.9 Å². The molecule has 4 aliphatic heterocycles. The van der Waals surface area contributed by atoms with Crippen molar-refractivity contribution in [2.75, 3.05) is 61.4 Å². The summed E-state index contributed by atoms with van der Waals surface area (Å²) < 4.78 is 24.8. The molecule has 6 atom stereocenters. The molecule has 5 N–H and O–H groups in total. The molecule has 1 saturated carbocycles. The molecule has 0 radical (unpaired) electrons. The number of benzene rings is 2. The molecular formula is C57H69N11O8S. The highest BCUT2D eigenvalue weighted by Gasteiger charge is 2.45. The molecular weight excluding hydrogens is 999 g/mol. The fourth-order valence-corrected chi connectivity index (χ4v) is 12.7. The Morgan fingerprint density at radius 2 is 1.65 bits per heavy atom. The number of rotatable bonds is 18. The average molecular weight is 1070 g/mol. The zero-order valence-electron chi connectivity index (χ0n) is 44.1. The molecule has 0 spiro atoms. The van der Waals surface area contributed by atoms with Crippen LogP contribution in [0.5, 0.6) is 17.5 Å². The second-order valence-corrected chi connectivity index (χ2v) is 22.6. The summed E-state index contributed by atoms with van der Waals surface area (Å²) in [7, 11) is 0. The molecule has 20 heteroatoms. The molecule has 2 bridgehead atoms. The Kier molecular flexibility index (Phi) is 15.3. The lowest BCUT2D eigenvalue weighted by molar-refractivity contribution is -0.141. The second kappa shape index (κ2) is 22.6. The summed E-state index contributed by atoms with van der Waals surface area (Å²) in [5.74, 6) is 0.338. The van der Waals surface area contributed by atoms with Crippen LogP contribution in [0.15, 0.2) is 89.0 Å². The number of anilines is 3. The highest BCUT2D eigenvalue weighted by atomic mass is 32.1. The van der Waals surface area contributed by atoms with Crippen molar-refractivity contribution in [3.8, 4) is 39.2 Å². The van der Waals surface area contributed by atoms with Crippen molar-refractivity contribution in [2.24, 2.45) is 5.92 Å². The molecule has 6 aromatic rings. The summed E-state index contributed by atoms with van der Waals surface area (Å²) >= 11 is 1.59. The van der Waals surface area contributed by atoms with E-state index in [0.29, 0.717) is 47.7 Å². The number of aromatic nitrogens is 5. The molecule has 1 aliphatic carbocycles. The number of aliphatic hydroxyl groups is 1. The number of nitrogens with zero attached hydrogens (tertiary/aromatic N) is 9. The van der Waals surface area contributed by atoms with E-state index < -0.39 is 18.1 Å². The summed E-state index contributed by atoms with van der Waals surface area (Å²) in [6.45, 7) is 12.3. The van der Waals surface area contributed by atoms with Crippen LogP contribution in [0.1, 0.15) is 94.7 Å². The molecule has 5 aliphatic rings. The number of hydrogen-bond donors (Lipinski definition) is 4.